The SMILES string of the molecule is O=C(c1cccnc1-c1ccncc1)N1CCC(F)(Cc2ccc(Cl)nn2)CC1. The third-order valence-corrected chi connectivity index (χ3v) is 5.33. The zero-order valence-corrected chi connectivity index (χ0v) is 16.4. The number of carbonyl (C=O) groups excluding carboxylic acids is 1. The van der Waals surface area contributed by atoms with Gasteiger partial charge < -0.3 is 4.90 Å². The maximum absolute atomic E-state index is 15.3. The fraction of sp³-hybridized carbons (Fsp3) is 0.286. The summed E-state index contributed by atoms with van der Waals surface area (Å²) < 4.78 is 15.3. The highest BCUT2D eigenvalue weighted by atomic mass is 35.5. The van der Waals surface area contributed by atoms with Crippen LogP contribution < -0.4 is 0 Å². The van der Waals surface area contributed by atoms with Crippen molar-refractivity contribution in [3.63, 3.8) is 0 Å². The number of hydrogen-bond acceptors (Lipinski definition) is 5. The fourth-order valence-corrected chi connectivity index (χ4v) is 3.64. The fourth-order valence-electron chi connectivity index (χ4n) is 3.54. The van der Waals surface area contributed by atoms with Gasteiger partial charge in [0.05, 0.1) is 17.0 Å². The zero-order chi connectivity index (χ0) is 20.3. The van der Waals surface area contributed by atoms with E-state index >= 15 is 4.39 Å². The number of piperidine rings is 1. The van der Waals surface area contributed by atoms with E-state index in [1.165, 1.54) is 0 Å². The molecule has 4 heterocycles. The first-order chi connectivity index (χ1) is 14.0. The van der Waals surface area contributed by atoms with Gasteiger partial charge in [0, 0.05) is 43.7 Å². The van der Waals surface area contributed by atoms with Gasteiger partial charge >= 0.3 is 0 Å². The molecule has 0 saturated carbocycles. The van der Waals surface area contributed by atoms with Crippen molar-refractivity contribution in [1.29, 1.82) is 0 Å². The second kappa shape index (κ2) is 8.21. The molecule has 4 rings (SSSR count). The first-order valence-electron chi connectivity index (χ1n) is 9.36. The number of halogens is 2. The molecule has 1 aliphatic heterocycles. The van der Waals surface area contributed by atoms with Crippen LogP contribution in [-0.4, -0.2) is 49.7 Å². The standard InChI is InChI=1S/C21H19ClFN5O/c22-18-4-3-16(26-27-18)14-21(23)7-12-28(13-8-21)20(29)17-2-1-9-25-19(17)15-5-10-24-11-6-15/h1-6,9-11H,7-8,12-14H2. The van der Waals surface area contributed by atoms with Crippen LogP contribution in [0.3, 0.4) is 0 Å². The van der Waals surface area contributed by atoms with Crippen LogP contribution in [0.1, 0.15) is 28.9 Å². The Morgan fingerprint density at radius 3 is 2.52 bits per heavy atom. The van der Waals surface area contributed by atoms with E-state index in [1.54, 1.807) is 47.8 Å². The van der Waals surface area contributed by atoms with E-state index < -0.39 is 5.67 Å². The molecule has 1 fully saturated rings. The number of amides is 1. The Balaban J connectivity index is 1.47. The van der Waals surface area contributed by atoms with Crippen molar-refractivity contribution >= 4 is 17.5 Å². The molecule has 0 unspecified atom stereocenters. The lowest BCUT2D eigenvalue weighted by Crippen LogP contribution is -2.45. The second-order valence-electron chi connectivity index (χ2n) is 7.10. The average molecular weight is 412 g/mol. The number of pyridine rings is 2. The van der Waals surface area contributed by atoms with Crippen molar-refractivity contribution in [2.24, 2.45) is 0 Å². The first-order valence-corrected chi connectivity index (χ1v) is 9.74. The number of rotatable bonds is 4. The molecule has 1 amide bonds. The molecule has 8 heteroatoms. The summed E-state index contributed by atoms with van der Waals surface area (Å²) in [5.41, 5.74) is 1.08. The average Bonchev–Trinajstić information content (AvgIpc) is 2.76. The smallest absolute Gasteiger partial charge is 0.256 e. The summed E-state index contributed by atoms with van der Waals surface area (Å²) in [6.07, 6.45) is 5.63. The molecule has 29 heavy (non-hydrogen) atoms. The van der Waals surface area contributed by atoms with Gasteiger partial charge in [-0.15, -0.1) is 5.10 Å². The van der Waals surface area contributed by atoms with Gasteiger partial charge in [-0.2, -0.15) is 5.10 Å². The molecule has 0 N–H and O–H groups in total. The Bertz CT molecular complexity index is 991. The molecule has 1 aliphatic rings. The van der Waals surface area contributed by atoms with Crippen LogP contribution in [0.15, 0.2) is 55.0 Å². The Labute approximate surface area is 172 Å². The first kappa shape index (κ1) is 19.4. The summed E-state index contributed by atoms with van der Waals surface area (Å²) in [5.74, 6) is -0.141. The highest BCUT2D eigenvalue weighted by molar-refractivity contribution is 6.29. The van der Waals surface area contributed by atoms with Crippen LogP contribution in [-0.2, 0) is 6.42 Å². The molecule has 148 valence electrons. The molecule has 0 aliphatic carbocycles. The predicted octanol–water partition coefficient (Wildman–Crippen LogP) is 3.77. The van der Waals surface area contributed by atoms with Gasteiger partial charge in [0.1, 0.15) is 5.67 Å². The second-order valence-corrected chi connectivity index (χ2v) is 7.49. The maximum Gasteiger partial charge on any atom is 0.256 e. The van der Waals surface area contributed by atoms with E-state index in [-0.39, 0.29) is 30.3 Å². The van der Waals surface area contributed by atoms with Crippen LogP contribution >= 0.6 is 11.6 Å². The number of nitrogens with zero attached hydrogens (tertiary/aromatic N) is 5. The lowest BCUT2D eigenvalue weighted by Gasteiger charge is -2.36. The molecule has 3 aromatic heterocycles. The topological polar surface area (TPSA) is 71.9 Å². The van der Waals surface area contributed by atoms with Crippen molar-refractivity contribution < 1.29 is 9.18 Å². The summed E-state index contributed by atoms with van der Waals surface area (Å²) in [7, 11) is 0. The molecular formula is C21H19ClFN5O. The summed E-state index contributed by atoms with van der Waals surface area (Å²) in [6.45, 7) is 0.669. The number of hydrogen-bond donors (Lipinski definition) is 0. The van der Waals surface area contributed by atoms with Crippen LogP contribution in [0, 0.1) is 0 Å². The Hall–Kier alpha value is -2.93. The summed E-state index contributed by atoms with van der Waals surface area (Å²) in [6, 6.07) is 10.4. The summed E-state index contributed by atoms with van der Waals surface area (Å²) in [5, 5.41) is 8.00. The van der Waals surface area contributed by atoms with Gasteiger partial charge in [0.2, 0.25) is 0 Å². The number of alkyl halides is 1. The van der Waals surface area contributed by atoms with Crippen LogP contribution in [0.25, 0.3) is 11.3 Å². The Morgan fingerprint density at radius 2 is 1.83 bits per heavy atom. The van der Waals surface area contributed by atoms with E-state index in [0.717, 1.165) is 5.56 Å². The third-order valence-electron chi connectivity index (χ3n) is 5.12. The molecule has 0 radical (unpaired) electrons. The van der Waals surface area contributed by atoms with Gasteiger partial charge in [-0.25, -0.2) is 4.39 Å². The minimum absolute atomic E-state index is 0.141. The van der Waals surface area contributed by atoms with Gasteiger partial charge in [-0.05, 0) is 49.2 Å². The lowest BCUT2D eigenvalue weighted by atomic mass is 9.88. The maximum atomic E-state index is 15.3. The molecular weight excluding hydrogens is 393 g/mol. The van der Waals surface area contributed by atoms with Crippen LogP contribution in [0.5, 0.6) is 0 Å². The molecule has 0 atom stereocenters. The molecule has 0 spiro atoms. The van der Waals surface area contributed by atoms with E-state index in [2.05, 4.69) is 20.2 Å². The molecule has 0 aromatic carbocycles. The Kier molecular flexibility index (Phi) is 5.49. The third kappa shape index (κ3) is 4.40. The van der Waals surface area contributed by atoms with Crippen molar-refractivity contribution in [2.75, 3.05) is 13.1 Å². The summed E-state index contributed by atoms with van der Waals surface area (Å²) in [4.78, 5) is 23.2. The number of carbonyl (C=O) groups is 1. The molecule has 1 saturated heterocycles. The largest absolute Gasteiger partial charge is 0.338 e. The van der Waals surface area contributed by atoms with Crippen LogP contribution in [0.2, 0.25) is 5.15 Å². The van der Waals surface area contributed by atoms with Crippen molar-refractivity contribution in [3.05, 3.63) is 71.4 Å². The quantitative estimate of drug-likeness (QED) is 0.653. The van der Waals surface area contributed by atoms with E-state index in [4.69, 9.17) is 11.6 Å². The minimum atomic E-state index is -1.41. The van der Waals surface area contributed by atoms with Crippen LogP contribution in [0.4, 0.5) is 4.39 Å². The van der Waals surface area contributed by atoms with Gasteiger partial charge in [-0.1, -0.05) is 11.6 Å². The normalized spacial score (nSPS) is 15.9. The number of aromatic nitrogens is 4. The van der Waals surface area contributed by atoms with Gasteiger partial charge in [0.15, 0.2) is 5.15 Å². The van der Waals surface area contributed by atoms with Crippen molar-refractivity contribution in [3.8, 4) is 11.3 Å². The highest BCUT2D eigenvalue weighted by Gasteiger charge is 2.37. The molecule has 0 bridgehead atoms. The lowest BCUT2D eigenvalue weighted by molar-refractivity contribution is 0.0433. The van der Waals surface area contributed by atoms with Crippen molar-refractivity contribution in [2.45, 2.75) is 24.9 Å². The number of likely N-dealkylation sites (tertiary alicyclic amines) is 1. The zero-order valence-electron chi connectivity index (χ0n) is 15.6. The van der Waals surface area contributed by atoms with E-state index in [9.17, 15) is 4.79 Å². The monoisotopic (exact) mass is 411 g/mol. The van der Waals surface area contributed by atoms with E-state index in [1.807, 2.05) is 12.1 Å². The molecule has 6 nitrogen and oxygen atoms in total. The minimum Gasteiger partial charge on any atom is -0.338 e. The van der Waals surface area contributed by atoms with Gasteiger partial charge in [0.25, 0.3) is 5.91 Å². The predicted molar refractivity (Wildman–Crippen MR) is 107 cm³/mol. The van der Waals surface area contributed by atoms with E-state index in [0.29, 0.717) is 30.0 Å². The van der Waals surface area contributed by atoms with Gasteiger partial charge in [-0.3, -0.25) is 14.8 Å². The summed E-state index contributed by atoms with van der Waals surface area (Å²) >= 11 is 5.74. The Morgan fingerprint density at radius 1 is 1.07 bits per heavy atom. The molecule has 3 aromatic rings. The highest BCUT2D eigenvalue weighted by Crippen LogP contribution is 2.31. The van der Waals surface area contributed by atoms with Crippen molar-refractivity contribution in [1.82, 2.24) is 25.1 Å².